The monoisotopic (exact) mass is 356 g/mol. The van der Waals surface area contributed by atoms with Crippen molar-refractivity contribution in [1.82, 2.24) is 10.6 Å². The van der Waals surface area contributed by atoms with Crippen LogP contribution in [0.5, 0.6) is 0 Å². The molecule has 112 valence electrons. The van der Waals surface area contributed by atoms with E-state index in [2.05, 4.69) is 26.6 Å². The molecule has 0 fully saturated rings. The van der Waals surface area contributed by atoms with Crippen molar-refractivity contribution in [1.29, 1.82) is 0 Å². The summed E-state index contributed by atoms with van der Waals surface area (Å²) >= 11 is 3.10. The Kier molecular flexibility index (Phi) is 4.62. The summed E-state index contributed by atoms with van der Waals surface area (Å²) in [4.78, 5) is 23.7. The van der Waals surface area contributed by atoms with Gasteiger partial charge in [0.15, 0.2) is 0 Å². The Labute approximate surface area is 129 Å². The quantitative estimate of drug-likeness (QED) is 0.818. The zero-order valence-electron chi connectivity index (χ0n) is 11.5. The highest BCUT2D eigenvalue weighted by molar-refractivity contribution is 9.10. The molecule has 0 aliphatic carbocycles. The molecule has 0 bridgehead atoms. The van der Waals surface area contributed by atoms with Gasteiger partial charge in [-0.15, -0.1) is 0 Å². The minimum Gasteiger partial charge on any atom is -0.463 e. The lowest BCUT2D eigenvalue weighted by Crippen LogP contribution is -2.45. The van der Waals surface area contributed by atoms with Gasteiger partial charge in [-0.3, -0.25) is 0 Å². The number of hydrogen-bond donors (Lipinski definition) is 2. The third kappa shape index (κ3) is 3.24. The van der Waals surface area contributed by atoms with Gasteiger partial charge in [0, 0.05) is 5.70 Å². The summed E-state index contributed by atoms with van der Waals surface area (Å²) in [5, 5.41) is 5.18. The molecule has 5 nitrogen and oxygen atoms in total. The molecule has 0 spiro atoms. The van der Waals surface area contributed by atoms with E-state index >= 15 is 0 Å². The van der Waals surface area contributed by atoms with Gasteiger partial charge in [-0.2, -0.15) is 0 Å². The first-order valence-corrected chi connectivity index (χ1v) is 7.13. The normalized spacial score (nSPS) is 18.1. The van der Waals surface area contributed by atoms with E-state index in [0.717, 1.165) is 0 Å². The number of carbonyl (C=O) groups excluding carboxylic acids is 2. The van der Waals surface area contributed by atoms with Crippen LogP contribution < -0.4 is 10.6 Å². The zero-order valence-corrected chi connectivity index (χ0v) is 13.1. The van der Waals surface area contributed by atoms with Crippen molar-refractivity contribution in [3.8, 4) is 0 Å². The fourth-order valence-corrected chi connectivity index (χ4v) is 2.51. The second-order valence-corrected chi connectivity index (χ2v) is 5.32. The van der Waals surface area contributed by atoms with Crippen molar-refractivity contribution in [2.45, 2.75) is 19.9 Å². The number of amides is 2. The number of esters is 1. The molecule has 1 aliphatic heterocycles. The van der Waals surface area contributed by atoms with Gasteiger partial charge in [0.25, 0.3) is 0 Å². The van der Waals surface area contributed by atoms with Crippen LogP contribution in [0.3, 0.4) is 0 Å². The van der Waals surface area contributed by atoms with Crippen LogP contribution in [0, 0.1) is 5.82 Å². The molecule has 1 atom stereocenters. The predicted octanol–water partition coefficient (Wildman–Crippen LogP) is 2.78. The minimum atomic E-state index is -0.685. The van der Waals surface area contributed by atoms with E-state index in [9.17, 15) is 14.0 Å². The summed E-state index contributed by atoms with van der Waals surface area (Å²) in [6, 6.07) is 3.20. The van der Waals surface area contributed by atoms with Gasteiger partial charge >= 0.3 is 12.0 Å². The highest BCUT2D eigenvalue weighted by Crippen LogP contribution is 2.30. The molecule has 2 amide bonds. The fraction of sp³-hybridized carbons (Fsp3) is 0.286. The van der Waals surface area contributed by atoms with Crippen LogP contribution in [0.15, 0.2) is 33.9 Å². The molecule has 1 aromatic carbocycles. The maximum absolute atomic E-state index is 13.3. The molecule has 2 N–H and O–H groups in total. The number of nitrogens with one attached hydrogen (secondary N) is 2. The lowest BCUT2D eigenvalue weighted by Gasteiger charge is -2.28. The van der Waals surface area contributed by atoms with E-state index in [1.54, 1.807) is 13.8 Å². The van der Waals surface area contributed by atoms with Gasteiger partial charge in [0.1, 0.15) is 5.82 Å². The zero-order chi connectivity index (χ0) is 15.6. The maximum atomic E-state index is 13.3. The number of benzene rings is 1. The average Bonchev–Trinajstić information content (AvgIpc) is 2.41. The lowest BCUT2D eigenvalue weighted by molar-refractivity contribution is -0.139. The first-order chi connectivity index (χ1) is 9.93. The molecule has 7 heteroatoms. The molecule has 0 aromatic heterocycles. The Morgan fingerprint density at radius 2 is 2.19 bits per heavy atom. The molecule has 1 aromatic rings. The van der Waals surface area contributed by atoms with Crippen molar-refractivity contribution in [3.63, 3.8) is 0 Å². The Bertz CT molecular complexity index is 631. The molecule has 1 aliphatic rings. The van der Waals surface area contributed by atoms with Crippen molar-refractivity contribution in [2.75, 3.05) is 6.61 Å². The maximum Gasteiger partial charge on any atom is 0.338 e. The smallest absolute Gasteiger partial charge is 0.338 e. The Morgan fingerprint density at radius 1 is 1.48 bits per heavy atom. The molecule has 21 heavy (non-hydrogen) atoms. The van der Waals surface area contributed by atoms with Gasteiger partial charge < -0.3 is 15.4 Å². The van der Waals surface area contributed by atoms with Crippen molar-refractivity contribution in [3.05, 3.63) is 45.3 Å². The topological polar surface area (TPSA) is 67.4 Å². The number of urea groups is 1. The average molecular weight is 357 g/mol. The van der Waals surface area contributed by atoms with E-state index in [1.165, 1.54) is 18.2 Å². The molecule has 0 saturated carbocycles. The number of allylic oxidation sites excluding steroid dienone is 1. The van der Waals surface area contributed by atoms with Crippen LogP contribution in [-0.4, -0.2) is 18.6 Å². The SMILES string of the molecule is CCOC(=O)C1=C(C)NC(=O)N[C@H]1c1ccc(F)c(Br)c1. The molecule has 0 radical (unpaired) electrons. The molecular weight excluding hydrogens is 343 g/mol. The Balaban J connectivity index is 2.46. The van der Waals surface area contributed by atoms with Crippen molar-refractivity contribution in [2.24, 2.45) is 0 Å². The molecule has 0 unspecified atom stereocenters. The summed E-state index contributed by atoms with van der Waals surface area (Å²) in [7, 11) is 0. The summed E-state index contributed by atoms with van der Waals surface area (Å²) in [5.41, 5.74) is 1.30. The third-order valence-electron chi connectivity index (χ3n) is 3.04. The first kappa shape index (κ1) is 15.5. The summed E-state index contributed by atoms with van der Waals surface area (Å²) < 4.78 is 18.6. The molecule has 2 rings (SSSR count). The van der Waals surface area contributed by atoms with Crippen LogP contribution in [0.1, 0.15) is 25.5 Å². The van der Waals surface area contributed by atoms with Gasteiger partial charge in [0.2, 0.25) is 0 Å². The molecular formula is C14H14BrFN2O3. The number of ether oxygens (including phenoxy) is 1. The molecule has 0 saturated heterocycles. The van der Waals surface area contributed by atoms with Crippen molar-refractivity contribution >= 4 is 27.9 Å². The highest BCUT2D eigenvalue weighted by Gasteiger charge is 2.32. The largest absolute Gasteiger partial charge is 0.463 e. The number of rotatable bonds is 3. The Morgan fingerprint density at radius 3 is 2.81 bits per heavy atom. The molecule has 1 heterocycles. The van der Waals surface area contributed by atoms with Gasteiger partial charge in [0.05, 0.1) is 22.7 Å². The number of hydrogen-bond acceptors (Lipinski definition) is 3. The van der Waals surface area contributed by atoms with Crippen LogP contribution in [0.25, 0.3) is 0 Å². The second-order valence-electron chi connectivity index (χ2n) is 4.46. The van der Waals surface area contributed by atoms with E-state index in [1.807, 2.05) is 0 Å². The van der Waals surface area contributed by atoms with E-state index in [0.29, 0.717) is 16.8 Å². The summed E-state index contributed by atoms with van der Waals surface area (Å²) in [6.07, 6.45) is 0. The second kappa shape index (κ2) is 6.26. The van der Waals surface area contributed by atoms with Crippen molar-refractivity contribution < 1.29 is 18.7 Å². The standard InChI is InChI=1S/C14H14BrFN2O3/c1-3-21-13(19)11-7(2)17-14(20)18-12(11)8-4-5-10(16)9(15)6-8/h4-6,12H,3H2,1-2H3,(H2,17,18,20)/t12-/m0/s1. The fourth-order valence-electron chi connectivity index (χ4n) is 2.12. The Hall–Kier alpha value is -1.89. The highest BCUT2D eigenvalue weighted by atomic mass is 79.9. The lowest BCUT2D eigenvalue weighted by atomic mass is 9.95. The van der Waals surface area contributed by atoms with Gasteiger partial charge in [-0.1, -0.05) is 6.07 Å². The van der Waals surface area contributed by atoms with E-state index in [4.69, 9.17) is 4.74 Å². The van der Waals surface area contributed by atoms with Gasteiger partial charge in [-0.05, 0) is 47.5 Å². The summed E-state index contributed by atoms with van der Waals surface area (Å²) in [6.45, 7) is 3.55. The van der Waals surface area contributed by atoms with Crippen LogP contribution in [-0.2, 0) is 9.53 Å². The first-order valence-electron chi connectivity index (χ1n) is 6.34. The third-order valence-corrected chi connectivity index (χ3v) is 3.65. The van der Waals surface area contributed by atoms with Crippen LogP contribution in [0.2, 0.25) is 0 Å². The van der Waals surface area contributed by atoms with E-state index < -0.39 is 23.9 Å². The number of halogens is 2. The van der Waals surface area contributed by atoms with Gasteiger partial charge in [-0.25, -0.2) is 14.0 Å². The van der Waals surface area contributed by atoms with Crippen LogP contribution in [0.4, 0.5) is 9.18 Å². The van der Waals surface area contributed by atoms with Crippen LogP contribution >= 0.6 is 15.9 Å². The minimum absolute atomic E-state index is 0.226. The summed E-state index contributed by atoms with van der Waals surface area (Å²) in [5.74, 6) is -0.939. The predicted molar refractivity (Wildman–Crippen MR) is 77.8 cm³/mol. The van der Waals surface area contributed by atoms with E-state index in [-0.39, 0.29) is 11.1 Å². The number of carbonyl (C=O) groups is 2.